The first-order valence-corrected chi connectivity index (χ1v) is 7.12. The molecule has 0 bridgehead atoms. The first-order valence-electron chi connectivity index (χ1n) is 7.12. The van der Waals surface area contributed by atoms with E-state index in [-0.39, 0.29) is 12.6 Å². The van der Waals surface area contributed by atoms with Gasteiger partial charge in [0.05, 0.1) is 13.2 Å². The van der Waals surface area contributed by atoms with Crippen LogP contribution >= 0.6 is 0 Å². The number of rotatable bonds is 9. The van der Waals surface area contributed by atoms with Crippen LogP contribution < -0.4 is 15.0 Å². The summed E-state index contributed by atoms with van der Waals surface area (Å²) in [6.45, 7) is 9.86. The number of hydrogen-bond acceptors (Lipinski definition) is 7. The molecule has 0 aliphatic heterocycles. The largest absolute Gasteiger partial charge is 0.463 e. The minimum absolute atomic E-state index is 0.0472. The second-order valence-corrected chi connectivity index (χ2v) is 4.63. The highest BCUT2D eigenvalue weighted by molar-refractivity contribution is 5.39. The highest BCUT2D eigenvalue weighted by atomic mass is 16.5. The molecule has 1 rings (SSSR count). The molecule has 20 heavy (non-hydrogen) atoms. The Morgan fingerprint density at radius 2 is 2.00 bits per heavy atom. The molecule has 0 aliphatic rings. The van der Waals surface area contributed by atoms with Crippen LogP contribution in [0.1, 0.15) is 34.1 Å². The van der Waals surface area contributed by atoms with Gasteiger partial charge in [0.25, 0.3) is 0 Å². The monoisotopic (exact) mass is 283 g/mol. The van der Waals surface area contributed by atoms with Crippen molar-refractivity contribution in [2.24, 2.45) is 0 Å². The molecule has 0 fully saturated rings. The molecule has 0 radical (unpaired) electrons. The number of anilines is 2. The Morgan fingerprint density at radius 3 is 2.55 bits per heavy atom. The van der Waals surface area contributed by atoms with E-state index in [0.29, 0.717) is 31.1 Å². The van der Waals surface area contributed by atoms with Gasteiger partial charge in [0.15, 0.2) is 0 Å². The van der Waals surface area contributed by atoms with Crippen molar-refractivity contribution in [2.75, 3.05) is 36.5 Å². The summed E-state index contributed by atoms with van der Waals surface area (Å²) in [5.41, 5.74) is 0. The van der Waals surface area contributed by atoms with E-state index in [1.807, 2.05) is 32.6 Å². The molecule has 0 spiro atoms. The van der Waals surface area contributed by atoms with Crippen LogP contribution in [0, 0.1) is 0 Å². The molecule has 0 unspecified atom stereocenters. The molecule has 1 aromatic heterocycles. The van der Waals surface area contributed by atoms with Gasteiger partial charge in [0.2, 0.25) is 11.9 Å². The summed E-state index contributed by atoms with van der Waals surface area (Å²) in [7, 11) is 0. The number of nitrogens with zero attached hydrogens (tertiary/aromatic N) is 4. The number of aromatic nitrogens is 3. The molecule has 0 saturated carbocycles. The van der Waals surface area contributed by atoms with Crippen LogP contribution in [0.2, 0.25) is 0 Å². The van der Waals surface area contributed by atoms with Crippen molar-refractivity contribution in [1.29, 1.82) is 0 Å². The maximum Gasteiger partial charge on any atom is 0.323 e. The standard InChI is InChI=1S/C13H25N5O2/c1-5-9-20-13-16-11(14-6-2)15-12(17-13)18(7-8-19)10(3)4/h10,19H,5-9H2,1-4H3,(H,14,15,16,17). The van der Waals surface area contributed by atoms with Gasteiger partial charge in [0.1, 0.15) is 0 Å². The van der Waals surface area contributed by atoms with Gasteiger partial charge in [-0.2, -0.15) is 15.0 Å². The summed E-state index contributed by atoms with van der Waals surface area (Å²) < 4.78 is 5.50. The van der Waals surface area contributed by atoms with Gasteiger partial charge in [-0.3, -0.25) is 0 Å². The third-order valence-corrected chi connectivity index (χ3v) is 2.59. The van der Waals surface area contributed by atoms with Gasteiger partial charge in [-0.15, -0.1) is 0 Å². The molecule has 1 heterocycles. The van der Waals surface area contributed by atoms with Crippen LogP contribution in [-0.4, -0.2) is 52.4 Å². The third kappa shape index (κ3) is 4.80. The van der Waals surface area contributed by atoms with Gasteiger partial charge in [0, 0.05) is 19.1 Å². The smallest absolute Gasteiger partial charge is 0.323 e. The minimum Gasteiger partial charge on any atom is -0.463 e. The normalized spacial score (nSPS) is 10.7. The molecule has 2 N–H and O–H groups in total. The van der Waals surface area contributed by atoms with Crippen molar-refractivity contribution >= 4 is 11.9 Å². The summed E-state index contributed by atoms with van der Waals surface area (Å²) in [5, 5.41) is 12.2. The minimum atomic E-state index is 0.0472. The number of aliphatic hydroxyl groups excluding tert-OH is 1. The number of ether oxygens (including phenoxy) is 1. The summed E-state index contributed by atoms with van der Waals surface area (Å²) in [6.07, 6.45) is 0.891. The zero-order chi connectivity index (χ0) is 15.0. The van der Waals surface area contributed by atoms with Crippen molar-refractivity contribution in [2.45, 2.75) is 40.2 Å². The Balaban J connectivity index is 3.04. The lowest BCUT2D eigenvalue weighted by Gasteiger charge is -2.26. The van der Waals surface area contributed by atoms with Crippen molar-refractivity contribution in [3.63, 3.8) is 0 Å². The van der Waals surface area contributed by atoms with E-state index in [9.17, 15) is 5.11 Å². The first-order chi connectivity index (χ1) is 9.62. The highest BCUT2D eigenvalue weighted by Gasteiger charge is 2.16. The van der Waals surface area contributed by atoms with Crippen molar-refractivity contribution in [1.82, 2.24) is 15.0 Å². The lowest BCUT2D eigenvalue weighted by molar-refractivity contribution is 0.288. The Labute approximate surface area is 120 Å². The highest BCUT2D eigenvalue weighted by Crippen LogP contribution is 2.17. The number of nitrogens with one attached hydrogen (secondary N) is 1. The molecule has 1 aromatic rings. The fraction of sp³-hybridized carbons (Fsp3) is 0.769. The Hall–Kier alpha value is -1.63. The lowest BCUT2D eigenvalue weighted by Crippen LogP contribution is -2.35. The topological polar surface area (TPSA) is 83.4 Å². The summed E-state index contributed by atoms with van der Waals surface area (Å²) in [5.74, 6) is 1.01. The summed E-state index contributed by atoms with van der Waals surface area (Å²) in [4.78, 5) is 14.8. The van der Waals surface area contributed by atoms with Gasteiger partial charge in [-0.1, -0.05) is 6.92 Å². The molecule has 7 nitrogen and oxygen atoms in total. The molecular weight excluding hydrogens is 258 g/mol. The van der Waals surface area contributed by atoms with Gasteiger partial charge < -0.3 is 20.1 Å². The van der Waals surface area contributed by atoms with Crippen LogP contribution in [0.5, 0.6) is 6.01 Å². The Kier molecular flexibility index (Phi) is 7.00. The van der Waals surface area contributed by atoms with Crippen LogP contribution in [0.4, 0.5) is 11.9 Å². The fourth-order valence-corrected chi connectivity index (χ4v) is 1.67. The average molecular weight is 283 g/mol. The van der Waals surface area contributed by atoms with Crippen LogP contribution in [0.25, 0.3) is 0 Å². The van der Waals surface area contributed by atoms with E-state index < -0.39 is 0 Å². The number of hydrogen-bond donors (Lipinski definition) is 2. The maximum atomic E-state index is 9.17. The second kappa shape index (κ2) is 8.52. The fourth-order valence-electron chi connectivity index (χ4n) is 1.67. The Morgan fingerprint density at radius 1 is 1.25 bits per heavy atom. The first kappa shape index (κ1) is 16.4. The summed E-state index contributed by atoms with van der Waals surface area (Å²) >= 11 is 0. The van der Waals surface area contributed by atoms with E-state index in [1.165, 1.54) is 0 Å². The van der Waals surface area contributed by atoms with E-state index in [1.54, 1.807) is 0 Å². The second-order valence-electron chi connectivity index (χ2n) is 4.63. The van der Waals surface area contributed by atoms with Gasteiger partial charge in [-0.25, -0.2) is 0 Å². The van der Waals surface area contributed by atoms with Crippen molar-refractivity contribution < 1.29 is 9.84 Å². The van der Waals surface area contributed by atoms with Gasteiger partial charge in [-0.05, 0) is 27.2 Å². The van der Waals surface area contributed by atoms with Crippen LogP contribution in [0.15, 0.2) is 0 Å². The predicted octanol–water partition coefficient (Wildman–Crippen LogP) is 1.30. The van der Waals surface area contributed by atoms with Gasteiger partial charge >= 0.3 is 6.01 Å². The Bertz CT molecular complexity index is 400. The zero-order valence-electron chi connectivity index (χ0n) is 12.8. The molecule has 114 valence electrons. The molecular formula is C13H25N5O2. The molecule has 0 aromatic carbocycles. The van der Waals surface area contributed by atoms with E-state index in [4.69, 9.17) is 4.74 Å². The molecule has 0 atom stereocenters. The SMILES string of the molecule is CCCOc1nc(NCC)nc(N(CCO)C(C)C)n1. The molecule has 0 aliphatic carbocycles. The maximum absolute atomic E-state index is 9.17. The molecule has 0 amide bonds. The lowest BCUT2D eigenvalue weighted by atomic mass is 10.3. The molecule has 0 saturated heterocycles. The van der Waals surface area contributed by atoms with E-state index in [2.05, 4.69) is 20.3 Å². The number of aliphatic hydroxyl groups is 1. The predicted molar refractivity (Wildman–Crippen MR) is 79.3 cm³/mol. The zero-order valence-corrected chi connectivity index (χ0v) is 12.8. The van der Waals surface area contributed by atoms with Crippen LogP contribution in [0.3, 0.4) is 0 Å². The van der Waals surface area contributed by atoms with Crippen molar-refractivity contribution in [3.8, 4) is 6.01 Å². The summed E-state index contributed by atoms with van der Waals surface area (Å²) in [6, 6.07) is 0.495. The average Bonchev–Trinajstić information content (AvgIpc) is 2.42. The van der Waals surface area contributed by atoms with E-state index >= 15 is 0 Å². The van der Waals surface area contributed by atoms with Crippen molar-refractivity contribution in [3.05, 3.63) is 0 Å². The molecule has 7 heteroatoms. The third-order valence-electron chi connectivity index (χ3n) is 2.59. The van der Waals surface area contributed by atoms with E-state index in [0.717, 1.165) is 13.0 Å². The van der Waals surface area contributed by atoms with Crippen LogP contribution in [-0.2, 0) is 0 Å². The quantitative estimate of drug-likeness (QED) is 0.706.